The van der Waals surface area contributed by atoms with E-state index in [2.05, 4.69) is 48.9 Å². The first-order chi connectivity index (χ1) is 6.81. The van der Waals surface area contributed by atoms with Gasteiger partial charge < -0.3 is 0 Å². The molecule has 0 saturated carbocycles. The molecule has 0 aliphatic heterocycles. The second-order valence-corrected chi connectivity index (χ2v) is 4.10. The Bertz CT molecular complexity index is 318. The summed E-state index contributed by atoms with van der Waals surface area (Å²) < 4.78 is 3.09. The van der Waals surface area contributed by atoms with Gasteiger partial charge >= 0.3 is 0 Å². The third kappa shape index (κ3) is 2.89. The van der Waals surface area contributed by atoms with Gasteiger partial charge in [-0.15, -0.1) is 0 Å². The fourth-order valence-electron chi connectivity index (χ4n) is 1.41. The zero-order valence-corrected chi connectivity index (χ0v) is 9.82. The molecule has 0 aliphatic carbocycles. The highest BCUT2D eigenvalue weighted by Crippen LogP contribution is 2.20. The number of rotatable bonds is 4. The van der Waals surface area contributed by atoms with Crippen molar-refractivity contribution < 1.29 is 0 Å². The summed E-state index contributed by atoms with van der Waals surface area (Å²) in [4.78, 5) is 1.28. The molecule has 0 atom stereocenters. The molecule has 0 aromatic heterocycles. The van der Waals surface area contributed by atoms with E-state index in [0.29, 0.717) is 0 Å². The fraction of sp³-hybridized carbons (Fsp3) is 0.333. The van der Waals surface area contributed by atoms with Crippen LogP contribution in [0.15, 0.2) is 29.2 Å². The Balaban J connectivity index is 2.98. The van der Waals surface area contributed by atoms with Gasteiger partial charge in [-0.05, 0) is 55.6 Å². The van der Waals surface area contributed by atoms with Crippen molar-refractivity contribution in [3.05, 3.63) is 35.4 Å². The number of benzene rings is 1. The average Bonchev–Trinajstić information content (AvgIpc) is 2.21. The van der Waals surface area contributed by atoms with E-state index < -0.39 is 0 Å². The molecular weight excluding hydrogens is 190 g/mol. The van der Waals surface area contributed by atoms with Gasteiger partial charge in [0, 0.05) is 4.90 Å². The molecule has 0 bridgehead atoms. The van der Waals surface area contributed by atoms with Crippen molar-refractivity contribution in [1.29, 1.82) is 0 Å². The summed E-state index contributed by atoms with van der Waals surface area (Å²) in [5, 5.41) is 0. The van der Waals surface area contributed by atoms with Gasteiger partial charge in [-0.1, -0.05) is 25.1 Å². The normalized spacial score (nSPS) is 11.1. The number of hydrogen-bond donors (Lipinski definition) is 1. The Morgan fingerprint density at radius 2 is 2.21 bits per heavy atom. The third-order valence-corrected chi connectivity index (χ3v) is 2.76. The van der Waals surface area contributed by atoms with Crippen LogP contribution in [0.3, 0.4) is 0 Å². The number of aryl methyl sites for hydroxylation is 1. The quantitative estimate of drug-likeness (QED) is 0.758. The molecule has 76 valence electrons. The van der Waals surface area contributed by atoms with Gasteiger partial charge in [0.25, 0.3) is 0 Å². The van der Waals surface area contributed by atoms with E-state index in [1.165, 1.54) is 16.0 Å². The molecule has 0 unspecified atom stereocenters. The van der Waals surface area contributed by atoms with Crippen molar-refractivity contribution in [3.63, 3.8) is 0 Å². The van der Waals surface area contributed by atoms with Gasteiger partial charge in [0.15, 0.2) is 0 Å². The van der Waals surface area contributed by atoms with Crippen LogP contribution in [0.5, 0.6) is 0 Å². The predicted molar refractivity (Wildman–Crippen MR) is 65.4 cm³/mol. The van der Waals surface area contributed by atoms with E-state index >= 15 is 0 Å². The summed E-state index contributed by atoms with van der Waals surface area (Å²) in [6.45, 7) is 4.24. The van der Waals surface area contributed by atoms with Gasteiger partial charge in [0.2, 0.25) is 0 Å². The second-order valence-electron chi connectivity index (χ2n) is 3.02. The third-order valence-electron chi connectivity index (χ3n) is 2.06. The highest BCUT2D eigenvalue weighted by atomic mass is 32.2. The first-order valence-electron chi connectivity index (χ1n) is 4.91. The van der Waals surface area contributed by atoms with E-state index in [1.54, 1.807) is 11.9 Å². The largest absolute Gasteiger partial charge is 0.263 e. The number of allylic oxidation sites excluding steroid dienone is 1. The minimum atomic E-state index is 1.08. The van der Waals surface area contributed by atoms with Crippen LogP contribution in [0.1, 0.15) is 25.0 Å². The van der Waals surface area contributed by atoms with Gasteiger partial charge in [0.1, 0.15) is 0 Å². The summed E-state index contributed by atoms with van der Waals surface area (Å²) >= 11 is 1.66. The molecule has 1 nitrogen and oxygen atoms in total. The Kier molecular flexibility index (Phi) is 4.77. The minimum Gasteiger partial charge on any atom is -0.263 e. The second kappa shape index (κ2) is 5.89. The van der Waals surface area contributed by atoms with E-state index in [9.17, 15) is 0 Å². The molecule has 1 aromatic carbocycles. The molecule has 0 amide bonds. The zero-order chi connectivity index (χ0) is 10.4. The molecule has 0 radical (unpaired) electrons. The first-order valence-corrected chi connectivity index (χ1v) is 5.72. The van der Waals surface area contributed by atoms with Crippen molar-refractivity contribution in [2.75, 3.05) is 7.05 Å². The van der Waals surface area contributed by atoms with Crippen LogP contribution in [-0.4, -0.2) is 7.05 Å². The van der Waals surface area contributed by atoms with Crippen molar-refractivity contribution in [2.45, 2.75) is 25.2 Å². The van der Waals surface area contributed by atoms with Gasteiger partial charge in [-0.2, -0.15) is 0 Å². The fourth-order valence-corrected chi connectivity index (χ4v) is 1.98. The van der Waals surface area contributed by atoms with Gasteiger partial charge in [-0.25, -0.2) is 0 Å². The smallest absolute Gasteiger partial charge is 0.0231 e. The van der Waals surface area contributed by atoms with Gasteiger partial charge in [-0.3, -0.25) is 4.72 Å². The summed E-state index contributed by atoms with van der Waals surface area (Å²) in [7, 11) is 1.94. The highest BCUT2D eigenvalue weighted by Gasteiger charge is 1.99. The summed E-state index contributed by atoms with van der Waals surface area (Å²) in [5.41, 5.74) is 2.74. The Labute approximate surface area is 90.7 Å². The highest BCUT2D eigenvalue weighted by molar-refractivity contribution is 7.97. The van der Waals surface area contributed by atoms with Crippen LogP contribution in [0.25, 0.3) is 6.08 Å². The van der Waals surface area contributed by atoms with Crippen molar-refractivity contribution in [1.82, 2.24) is 4.72 Å². The summed E-state index contributed by atoms with van der Waals surface area (Å²) in [6.07, 6.45) is 5.32. The molecular formula is C12H17NS. The molecule has 2 heteroatoms. The monoisotopic (exact) mass is 207 g/mol. The summed E-state index contributed by atoms with van der Waals surface area (Å²) in [6, 6.07) is 6.57. The van der Waals surface area contributed by atoms with E-state index in [-0.39, 0.29) is 0 Å². The van der Waals surface area contributed by atoms with Crippen LogP contribution in [0.4, 0.5) is 0 Å². The Hall–Kier alpha value is -0.730. The maximum Gasteiger partial charge on any atom is 0.0231 e. The van der Waals surface area contributed by atoms with Crippen molar-refractivity contribution >= 4 is 18.0 Å². The predicted octanol–water partition coefficient (Wildman–Crippen LogP) is 3.51. The van der Waals surface area contributed by atoms with E-state index in [0.717, 1.165) is 6.42 Å². The SMILES string of the molecule is C/C=C\c1ccc(SNC)cc1CC. The molecule has 0 aliphatic rings. The van der Waals surface area contributed by atoms with Crippen LogP contribution in [-0.2, 0) is 6.42 Å². The zero-order valence-electron chi connectivity index (χ0n) is 9.00. The molecule has 1 aromatic rings. The summed E-state index contributed by atoms with van der Waals surface area (Å²) in [5.74, 6) is 0. The first kappa shape index (κ1) is 11.3. The molecule has 1 N–H and O–H groups in total. The standard InChI is InChI=1S/C12H17NS/c1-4-6-11-7-8-12(14-13-3)9-10(11)5-2/h4,6-9,13H,5H2,1-3H3/b6-4-. The van der Waals surface area contributed by atoms with Crippen LogP contribution < -0.4 is 4.72 Å². The van der Waals surface area contributed by atoms with E-state index in [4.69, 9.17) is 0 Å². The molecule has 0 fully saturated rings. The van der Waals surface area contributed by atoms with Crippen LogP contribution >= 0.6 is 11.9 Å². The average molecular weight is 207 g/mol. The molecule has 0 spiro atoms. The van der Waals surface area contributed by atoms with E-state index in [1.807, 2.05) is 7.05 Å². The molecule has 0 saturated heterocycles. The van der Waals surface area contributed by atoms with Crippen molar-refractivity contribution in [3.8, 4) is 0 Å². The van der Waals surface area contributed by atoms with Crippen molar-refractivity contribution in [2.24, 2.45) is 0 Å². The Morgan fingerprint density at radius 1 is 1.43 bits per heavy atom. The lowest BCUT2D eigenvalue weighted by Gasteiger charge is -2.06. The molecule has 14 heavy (non-hydrogen) atoms. The Morgan fingerprint density at radius 3 is 2.79 bits per heavy atom. The van der Waals surface area contributed by atoms with Crippen LogP contribution in [0.2, 0.25) is 0 Å². The number of nitrogens with one attached hydrogen (secondary N) is 1. The van der Waals surface area contributed by atoms with Crippen LogP contribution in [0, 0.1) is 0 Å². The molecule has 1 rings (SSSR count). The topological polar surface area (TPSA) is 12.0 Å². The molecule has 0 heterocycles. The maximum atomic E-state index is 3.09. The van der Waals surface area contributed by atoms with Gasteiger partial charge in [0.05, 0.1) is 0 Å². The lowest BCUT2D eigenvalue weighted by molar-refractivity contribution is 1.11. The lowest BCUT2D eigenvalue weighted by Crippen LogP contribution is -1.93. The number of hydrogen-bond acceptors (Lipinski definition) is 2. The minimum absolute atomic E-state index is 1.08. The maximum absolute atomic E-state index is 3.09. The lowest BCUT2D eigenvalue weighted by atomic mass is 10.1.